The number of pyridine rings is 1. The van der Waals surface area contributed by atoms with Gasteiger partial charge in [-0.15, -0.1) is 11.3 Å². The van der Waals surface area contributed by atoms with Gasteiger partial charge in [0.25, 0.3) is 0 Å². The molecule has 1 saturated carbocycles. The number of thiophene rings is 1. The van der Waals surface area contributed by atoms with Crippen molar-refractivity contribution in [2.24, 2.45) is 11.8 Å². The summed E-state index contributed by atoms with van der Waals surface area (Å²) < 4.78 is 6.23. The molecule has 2 unspecified atom stereocenters. The molecule has 0 radical (unpaired) electrons. The maximum atomic E-state index is 13.3. The number of Topliss-reactive ketones (excluding diaryl/α,β-unsaturated/α-hetero) is 1. The van der Waals surface area contributed by atoms with Crippen molar-refractivity contribution < 1.29 is 23.9 Å². The Hall–Kier alpha value is -3.69. The lowest BCUT2D eigenvalue weighted by molar-refractivity contribution is -0.122. The van der Waals surface area contributed by atoms with Gasteiger partial charge in [0.1, 0.15) is 0 Å². The molecule has 1 saturated heterocycles. The number of ketones is 1. The van der Waals surface area contributed by atoms with Gasteiger partial charge in [0.2, 0.25) is 17.6 Å². The van der Waals surface area contributed by atoms with Crippen molar-refractivity contribution in [3.05, 3.63) is 80.5 Å². The Labute approximate surface area is 243 Å². The zero-order valence-corrected chi connectivity index (χ0v) is 24.1. The van der Waals surface area contributed by atoms with Crippen LogP contribution in [0, 0.1) is 18.8 Å². The molecule has 2 aromatic heterocycles. The minimum atomic E-state index is -0.622. The van der Waals surface area contributed by atoms with E-state index in [1.807, 2.05) is 19.1 Å². The van der Waals surface area contributed by atoms with Gasteiger partial charge in [-0.1, -0.05) is 47.0 Å². The normalized spacial score (nSPS) is 18.7. The topological polar surface area (TPSA) is 93.6 Å². The highest BCUT2D eigenvalue weighted by Gasteiger charge is 2.48. The first-order valence-electron chi connectivity index (χ1n) is 13.1. The Morgan fingerprint density at radius 2 is 1.73 bits per heavy atom. The van der Waals surface area contributed by atoms with Gasteiger partial charge in [-0.25, -0.2) is 9.78 Å². The molecule has 2 amide bonds. The molecule has 2 atom stereocenters. The van der Waals surface area contributed by atoms with Crippen molar-refractivity contribution >= 4 is 67.4 Å². The Morgan fingerprint density at radius 3 is 2.38 bits per heavy atom. The van der Waals surface area contributed by atoms with Gasteiger partial charge in [0.05, 0.1) is 39.2 Å². The number of amides is 2. The number of esters is 1. The number of carbonyl (C=O) groups is 4. The van der Waals surface area contributed by atoms with Gasteiger partial charge >= 0.3 is 5.97 Å². The van der Waals surface area contributed by atoms with Crippen LogP contribution in [0.2, 0.25) is 0 Å². The fraction of sp³-hybridized carbons (Fsp3) is 0.258. The lowest BCUT2D eigenvalue weighted by Gasteiger charge is -2.19. The van der Waals surface area contributed by atoms with Crippen LogP contribution < -0.4 is 4.90 Å². The number of halogens is 1. The molecule has 1 aliphatic heterocycles. The van der Waals surface area contributed by atoms with Crippen LogP contribution >= 0.6 is 27.3 Å². The van der Waals surface area contributed by atoms with Gasteiger partial charge in [-0.05, 0) is 67.1 Å². The molecule has 7 nitrogen and oxygen atoms in total. The number of aromatic nitrogens is 1. The number of rotatable bonds is 6. The van der Waals surface area contributed by atoms with Crippen LogP contribution in [-0.2, 0) is 14.3 Å². The van der Waals surface area contributed by atoms with Crippen molar-refractivity contribution in [2.45, 2.75) is 32.6 Å². The molecule has 1 aliphatic carbocycles. The van der Waals surface area contributed by atoms with Crippen molar-refractivity contribution in [1.29, 1.82) is 0 Å². The van der Waals surface area contributed by atoms with E-state index in [9.17, 15) is 19.2 Å². The van der Waals surface area contributed by atoms with Crippen LogP contribution in [0.3, 0.4) is 0 Å². The summed E-state index contributed by atoms with van der Waals surface area (Å²) >= 11 is 4.80. The zero-order valence-electron chi connectivity index (χ0n) is 21.7. The number of hydrogen-bond donors (Lipinski definition) is 0. The monoisotopic (exact) mass is 616 g/mol. The smallest absolute Gasteiger partial charge is 0.339 e. The van der Waals surface area contributed by atoms with Crippen LogP contribution in [-0.4, -0.2) is 35.2 Å². The highest BCUT2D eigenvalue weighted by atomic mass is 79.9. The highest BCUT2D eigenvalue weighted by molar-refractivity contribution is 9.10. The summed E-state index contributed by atoms with van der Waals surface area (Å²) in [5, 5.41) is 2.41. The van der Waals surface area contributed by atoms with Crippen LogP contribution in [0.5, 0.6) is 0 Å². The van der Waals surface area contributed by atoms with Crippen molar-refractivity contribution in [3.8, 4) is 11.3 Å². The van der Waals surface area contributed by atoms with E-state index < -0.39 is 5.97 Å². The number of carbonyl (C=O) groups excluding carboxylic acids is 4. The SMILES string of the molecule is Cc1cc(Br)cc2c(C(=O)OCC(=O)c3cccs3)cc(-c3ccc(N4C(=O)C5CCCCC5C4=O)cc3)nc12. The van der Waals surface area contributed by atoms with Crippen LogP contribution in [0.1, 0.15) is 51.3 Å². The largest absolute Gasteiger partial charge is 0.454 e. The molecule has 0 bridgehead atoms. The molecule has 6 rings (SSSR count). The lowest BCUT2D eigenvalue weighted by atomic mass is 9.81. The molecule has 40 heavy (non-hydrogen) atoms. The number of nitrogens with zero attached hydrogens (tertiary/aromatic N) is 2. The predicted octanol–water partition coefficient (Wildman–Crippen LogP) is 6.75. The molecule has 2 fully saturated rings. The fourth-order valence-electron chi connectivity index (χ4n) is 5.69. The zero-order chi connectivity index (χ0) is 28.0. The second-order valence-corrected chi connectivity index (χ2v) is 12.1. The summed E-state index contributed by atoms with van der Waals surface area (Å²) in [6.07, 6.45) is 3.48. The summed E-state index contributed by atoms with van der Waals surface area (Å²) in [5.41, 5.74) is 3.59. The Balaban J connectivity index is 1.32. The number of hydrogen-bond acceptors (Lipinski definition) is 7. The summed E-state index contributed by atoms with van der Waals surface area (Å²) in [6.45, 7) is 1.55. The summed E-state index contributed by atoms with van der Waals surface area (Å²) in [5.74, 6) is -1.55. The molecular formula is C31H25BrN2O5S. The van der Waals surface area contributed by atoms with E-state index in [1.54, 1.807) is 47.8 Å². The third kappa shape index (κ3) is 4.77. The van der Waals surface area contributed by atoms with E-state index in [0.717, 1.165) is 35.7 Å². The van der Waals surface area contributed by atoms with Gasteiger partial charge in [-0.2, -0.15) is 0 Å². The first-order valence-corrected chi connectivity index (χ1v) is 14.8. The Bertz CT molecular complexity index is 1640. The first-order chi connectivity index (χ1) is 19.3. The minimum absolute atomic E-state index is 0.116. The fourth-order valence-corrected chi connectivity index (χ4v) is 6.91. The lowest BCUT2D eigenvalue weighted by Crippen LogP contribution is -2.30. The number of benzene rings is 2. The molecule has 9 heteroatoms. The van der Waals surface area contributed by atoms with E-state index in [2.05, 4.69) is 15.9 Å². The molecule has 202 valence electrons. The van der Waals surface area contributed by atoms with E-state index in [1.165, 1.54) is 16.2 Å². The van der Waals surface area contributed by atoms with E-state index in [-0.39, 0.29) is 36.0 Å². The van der Waals surface area contributed by atoms with E-state index >= 15 is 0 Å². The number of ether oxygens (including phenoxy) is 1. The third-order valence-electron chi connectivity index (χ3n) is 7.68. The third-order valence-corrected chi connectivity index (χ3v) is 9.05. The molecule has 0 N–H and O–H groups in total. The summed E-state index contributed by atoms with van der Waals surface area (Å²) in [4.78, 5) is 58.5. The average Bonchev–Trinajstić information content (AvgIpc) is 3.59. The van der Waals surface area contributed by atoms with E-state index in [0.29, 0.717) is 38.3 Å². The molecule has 3 heterocycles. The van der Waals surface area contributed by atoms with Crippen molar-refractivity contribution in [2.75, 3.05) is 11.5 Å². The number of fused-ring (bicyclic) bond motifs is 2. The first kappa shape index (κ1) is 26.5. The van der Waals surface area contributed by atoms with Gasteiger partial charge < -0.3 is 4.74 Å². The predicted molar refractivity (Wildman–Crippen MR) is 156 cm³/mol. The average molecular weight is 618 g/mol. The second-order valence-electron chi connectivity index (χ2n) is 10.2. The van der Waals surface area contributed by atoms with Gasteiger partial charge in [0.15, 0.2) is 6.61 Å². The Kier molecular flexibility index (Phi) is 7.10. The maximum Gasteiger partial charge on any atom is 0.339 e. The van der Waals surface area contributed by atoms with Crippen LogP contribution in [0.4, 0.5) is 5.69 Å². The second kappa shape index (κ2) is 10.7. The summed E-state index contributed by atoms with van der Waals surface area (Å²) in [6, 6.07) is 16.0. The highest BCUT2D eigenvalue weighted by Crippen LogP contribution is 2.40. The van der Waals surface area contributed by atoms with Crippen molar-refractivity contribution in [3.63, 3.8) is 0 Å². The van der Waals surface area contributed by atoms with Gasteiger partial charge in [-0.3, -0.25) is 19.3 Å². The maximum absolute atomic E-state index is 13.3. The number of anilines is 1. The molecule has 4 aromatic rings. The van der Waals surface area contributed by atoms with Crippen LogP contribution in [0.15, 0.2) is 64.5 Å². The number of aryl methyl sites for hydroxylation is 1. The standard InChI is InChI=1S/C31H25BrN2O5S/c1-17-13-19(32)14-23-24(31(38)39-16-26(35)27-7-4-12-40-27)15-25(33-28(17)23)18-8-10-20(11-9-18)34-29(36)21-5-2-3-6-22(21)30(34)37/h4,7-15,21-22H,2-3,5-6,16H2,1H3. The summed E-state index contributed by atoms with van der Waals surface area (Å²) in [7, 11) is 0. The Morgan fingerprint density at radius 1 is 1.02 bits per heavy atom. The van der Waals surface area contributed by atoms with E-state index in [4.69, 9.17) is 9.72 Å². The number of imide groups is 1. The van der Waals surface area contributed by atoms with Gasteiger partial charge in [0, 0.05) is 15.4 Å². The van der Waals surface area contributed by atoms with Crippen LogP contribution in [0.25, 0.3) is 22.2 Å². The minimum Gasteiger partial charge on any atom is -0.454 e. The molecular weight excluding hydrogens is 592 g/mol. The quantitative estimate of drug-likeness (QED) is 0.135. The molecule has 2 aliphatic rings. The van der Waals surface area contributed by atoms with Crippen molar-refractivity contribution in [1.82, 2.24) is 4.98 Å². The molecule has 2 aromatic carbocycles. The molecule has 0 spiro atoms.